The van der Waals surface area contributed by atoms with Crippen LogP contribution in [0.4, 0.5) is 0 Å². The summed E-state index contributed by atoms with van der Waals surface area (Å²) in [4.78, 5) is 18.8. The van der Waals surface area contributed by atoms with Gasteiger partial charge >= 0.3 is 0 Å². The van der Waals surface area contributed by atoms with E-state index in [0.29, 0.717) is 13.1 Å². The number of hydrogen-bond acceptors (Lipinski definition) is 2. The molecule has 2 N–H and O–H groups in total. The summed E-state index contributed by atoms with van der Waals surface area (Å²) in [6.07, 6.45) is 2.51. The van der Waals surface area contributed by atoms with Gasteiger partial charge in [-0.25, -0.2) is 0 Å². The highest BCUT2D eigenvalue weighted by Crippen LogP contribution is 2.23. The Morgan fingerprint density at radius 1 is 1.35 bits per heavy atom. The van der Waals surface area contributed by atoms with Crippen molar-refractivity contribution in [1.29, 1.82) is 0 Å². The molecule has 1 heterocycles. The number of halogens is 1. The maximum atomic E-state index is 12.1. The highest BCUT2D eigenvalue weighted by atomic mass is 127. The molecule has 1 unspecified atom stereocenters. The number of hydrogen-bond donors (Lipinski definition) is 2. The van der Waals surface area contributed by atoms with Gasteiger partial charge in [0.15, 0.2) is 5.96 Å². The fraction of sp³-hybridized carbons (Fsp3) is 0.882. The molecule has 1 saturated heterocycles. The predicted octanol–water partition coefficient (Wildman–Crippen LogP) is 2.71. The molecule has 23 heavy (non-hydrogen) atoms. The molecule has 0 bridgehead atoms. The minimum Gasteiger partial charge on any atom is -0.356 e. The highest BCUT2D eigenvalue weighted by Gasteiger charge is 2.29. The number of carbonyl (C=O) groups excluding carboxylic acids is 1. The van der Waals surface area contributed by atoms with Gasteiger partial charge in [0.25, 0.3) is 0 Å². The van der Waals surface area contributed by atoms with Crippen molar-refractivity contribution in [3.63, 3.8) is 0 Å². The van der Waals surface area contributed by atoms with Crippen molar-refractivity contribution >= 4 is 35.8 Å². The number of nitrogens with one attached hydrogen (secondary N) is 2. The van der Waals surface area contributed by atoms with E-state index in [0.717, 1.165) is 30.9 Å². The van der Waals surface area contributed by atoms with E-state index >= 15 is 0 Å². The monoisotopic (exact) mass is 438 g/mol. The molecule has 0 aliphatic carbocycles. The van der Waals surface area contributed by atoms with Crippen molar-refractivity contribution in [2.75, 3.05) is 33.2 Å². The molecule has 0 aromatic rings. The normalized spacial score (nSPS) is 18.8. The number of rotatable bonds is 6. The molecule has 1 amide bonds. The summed E-state index contributed by atoms with van der Waals surface area (Å²) in [5.41, 5.74) is -0.441. The van der Waals surface area contributed by atoms with Crippen LogP contribution in [0.5, 0.6) is 0 Å². The number of amides is 1. The summed E-state index contributed by atoms with van der Waals surface area (Å²) < 4.78 is 0. The molecule has 1 atom stereocenters. The van der Waals surface area contributed by atoms with Crippen LogP contribution in [0.1, 0.15) is 47.5 Å². The maximum Gasteiger partial charge on any atom is 0.227 e. The molecular formula is C17H35IN4O. The third-order valence-electron chi connectivity index (χ3n) is 4.24. The Balaban J connectivity index is 0.00000484. The zero-order valence-corrected chi connectivity index (χ0v) is 17.9. The van der Waals surface area contributed by atoms with Crippen molar-refractivity contribution in [3.05, 3.63) is 0 Å². The molecule has 1 fully saturated rings. The van der Waals surface area contributed by atoms with E-state index in [-0.39, 0.29) is 29.9 Å². The molecule has 6 heteroatoms. The third-order valence-corrected chi connectivity index (χ3v) is 4.24. The number of carbonyl (C=O) groups is 1. The van der Waals surface area contributed by atoms with Crippen LogP contribution in [0.2, 0.25) is 0 Å². The average Bonchev–Trinajstić information content (AvgIpc) is 2.87. The summed E-state index contributed by atoms with van der Waals surface area (Å²) in [5.74, 6) is 2.51. The van der Waals surface area contributed by atoms with Crippen molar-refractivity contribution in [1.82, 2.24) is 15.5 Å². The van der Waals surface area contributed by atoms with Gasteiger partial charge in [-0.05, 0) is 45.4 Å². The third kappa shape index (κ3) is 7.27. The minimum absolute atomic E-state index is 0. The van der Waals surface area contributed by atoms with Crippen LogP contribution in [0.15, 0.2) is 4.99 Å². The first-order valence-corrected chi connectivity index (χ1v) is 8.54. The molecule has 1 aliphatic rings. The van der Waals surface area contributed by atoms with Crippen molar-refractivity contribution in [3.8, 4) is 0 Å². The van der Waals surface area contributed by atoms with E-state index in [1.54, 1.807) is 0 Å². The standard InChI is InChI=1S/C17H34N4O.HI/c1-7-19-15(22)17(4,5)12-20-16(18-6)21-9-8-14(11-21)10-13(2)3;/h13-14H,7-12H2,1-6H3,(H,18,20)(H,19,22);1H. The first-order chi connectivity index (χ1) is 10.3. The average molecular weight is 438 g/mol. The van der Waals surface area contributed by atoms with E-state index in [1.165, 1.54) is 12.8 Å². The van der Waals surface area contributed by atoms with Crippen LogP contribution in [0.3, 0.4) is 0 Å². The summed E-state index contributed by atoms with van der Waals surface area (Å²) >= 11 is 0. The summed E-state index contributed by atoms with van der Waals surface area (Å²) in [6.45, 7) is 13.8. The predicted molar refractivity (Wildman–Crippen MR) is 108 cm³/mol. The van der Waals surface area contributed by atoms with Gasteiger partial charge in [0.2, 0.25) is 5.91 Å². The summed E-state index contributed by atoms with van der Waals surface area (Å²) in [5, 5.41) is 6.27. The van der Waals surface area contributed by atoms with Crippen LogP contribution >= 0.6 is 24.0 Å². The Labute approximate surface area is 159 Å². The quantitative estimate of drug-likeness (QED) is 0.381. The van der Waals surface area contributed by atoms with Crippen molar-refractivity contribution < 1.29 is 4.79 Å². The molecule has 0 radical (unpaired) electrons. The van der Waals surface area contributed by atoms with E-state index in [2.05, 4.69) is 34.4 Å². The van der Waals surface area contributed by atoms with Gasteiger partial charge in [0, 0.05) is 33.2 Å². The maximum absolute atomic E-state index is 12.1. The molecule has 1 rings (SSSR count). The molecule has 5 nitrogen and oxygen atoms in total. The number of aliphatic imine (C=N–C) groups is 1. The Morgan fingerprint density at radius 2 is 2.00 bits per heavy atom. The lowest BCUT2D eigenvalue weighted by atomic mass is 9.92. The van der Waals surface area contributed by atoms with Gasteiger partial charge < -0.3 is 15.5 Å². The van der Waals surface area contributed by atoms with Crippen LogP contribution in [0, 0.1) is 17.3 Å². The second-order valence-electron chi connectivity index (χ2n) is 7.37. The van der Waals surface area contributed by atoms with Gasteiger partial charge in [-0.15, -0.1) is 24.0 Å². The lowest BCUT2D eigenvalue weighted by Crippen LogP contribution is -2.48. The van der Waals surface area contributed by atoms with Crippen molar-refractivity contribution in [2.24, 2.45) is 22.2 Å². The van der Waals surface area contributed by atoms with Crippen LogP contribution < -0.4 is 10.6 Å². The van der Waals surface area contributed by atoms with Crippen molar-refractivity contribution in [2.45, 2.75) is 47.5 Å². The Morgan fingerprint density at radius 3 is 2.52 bits per heavy atom. The Bertz CT molecular complexity index is 396. The van der Waals surface area contributed by atoms with E-state index < -0.39 is 5.41 Å². The van der Waals surface area contributed by atoms with Crippen LogP contribution in [-0.2, 0) is 4.79 Å². The second kappa shape index (κ2) is 10.4. The highest BCUT2D eigenvalue weighted by molar-refractivity contribution is 14.0. The van der Waals surface area contributed by atoms with E-state index in [4.69, 9.17) is 0 Å². The molecule has 1 aliphatic heterocycles. The molecular weight excluding hydrogens is 403 g/mol. The van der Waals surface area contributed by atoms with Crippen LogP contribution in [-0.4, -0.2) is 50.0 Å². The van der Waals surface area contributed by atoms with Crippen LogP contribution in [0.25, 0.3) is 0 Å². The Kier molecular flexibility index (Phi) is 10.1. The number of guanidine groups is 1. The van der Waals surface area contributed by atoms with Gasteiger partial charge in [-0.2, -0.15) is 0 Å². The number of likely N-dealkylation sites (tertiary alicyclic amines) is 1. The largest absolute Gasteiger partial charge is 0.356 e. The van der Waals surface area contributed by atoms with E-state index in [9.17, 15) is 4.79 Å². The first-order valence-electron chi connectivity index (χ1n) is 8.54. The molecule has 0 aromatic heterocycles. The summed E-state index contributed by atoms with van der Waals surface area (Å²) in [6, 6.07) is 0. The number of nitrogens with zero attached hydrogens (tertiary/aromatic N) is 2. The molecule has 0 saturated carbocycles. The smallest absolute Gasteiger partial charge is 0.227 e. The lowest BCUT2D eigenvalue weighted by Gasteiger charge is -2.28. The topological polar surface area (TPSA) is 56.7 Å². The van der Waals surface area contributed by atoms with E-state index in [1.807, 2.05) is 27.8 Å². The van der Waals surface area contributed by atoms with Gasteiger partial charge in [-0.3, -0.25) is 9.79 Å². The molecule has 0 aromatic carbocycles. The molecule has 136 valence electrons. The molecule has 0 spiro atoms. The van der Waals surface area contributed by atoms with Gasteiger partial charge in [0.1, 0.15) is 0 Å². The fourth-order valence-corrected chi connectivity index (χ4v) is 3.00. The SMILES string of the molecule is CCNC(=O)C(C)(C)CNC(=NC)N1CCC(CC(C)C)C1.I. The zero-order chi connectivity index (χ0) is 16.8. The lowest BCUT2D eigenvalue weighted by molar-refractivity contribution is -0.128. The fourth-order valence-electron chi connectivity index (χ4n) is 3.00. The first kappa shape index (κ1) is 22.5. The Hall–Kier alpha value is -0.530. The minimum atomic E-state index is -0.441. The van der Waals surface area contributed by atoms with Gasteiger partial charge in [0.05, 0.1) is 5.41 Å². The van der Waals surface area contributed by atoms with Gasteiger partial charge in [-0.1, -0.05) is 13.8 Å². The summed E-state index contributed by atoms with van der Waals surface area (Å²) in [7, 11) is 1.82. The zero-order valence-electron chi connectivity index (χ0n) is 15.6. The second-order valence-corrected chi connectivity index (χ2v) is 7.37.